The third-order valence-corrected chi connectivity index (χ3v) is 5.04. The van der Waals surface area contributed by atoms with Gasteiger partial charge < -0.3 is 28.4 Å². The molecule has 0 spiro atoms. The molecule has 0 aromatic heterocycles. The van der Waals surface area contributed by atoms with Crippen molar-refractivity contribution < 1.29 is 33.3 Å². The Morgan fingerprint density at radius 2 is 1.69 bits per heavy atom. The van der Waals surface area contributed by atoms with Gasteiger partial charge in [0.1, 0.15) is 5.76 Å². The van der Waals surface area contributed by atoms with Gasteiger partial charge in [-0.1, -0.05) is 6.07 Å². The van der Waals surface area contributed by atoms with Gasteiger partial charge in [-0.3, -0.25) is 10.1 Å². The zero-order valence-electron chi connectivity index (χ0n) is 18.6. The first-order valence-electron chi connectivity index (χ1n) is 10.1. The minimum absolute atomic E-state index is 0.139. The van der Waals surface area contributed by atoms with E-state index >= 15 is 0 Å². The van der Waals surface area contributed by atoms with Crippen LogP contribution in [0.15, 0.2) is 30.3 Å². The van der Waals surface area contributed by atoms with E-state index in [1.165, 1.54) is 34.5 Å². The minimum Gasteiger partial charge on any atom is -0.493 e. The van der Waals surface area contributed by atoms with Crippen LogP contribution in [-0.4, -0.2) is 46.3 Å². The Kier molecular flexibility index (Phi) is 7.77. The maximum Gasteiger partial charge on any atom is 0.311 e. The van der Waals surface area contributed by atoms with Gasteiger partial charge in [-0.05, 0) is 42.7 Å². The molecule has 1 atom stereocenters. The molecule has 0 N–H and O–H groups in total. The smallest absolute Gasteiger partial charge is 0.311 e. The minimum atomic E-state index is -0.486. The number of hydrogen-bond acceptors (Lipinski definition) is 8. The Morgan fingerprint density at radius 1 is 1.00 bits per heavy atom. The van der Waals surface area contributed by atoms with Crippen molar-refractivity contribution in [2.45, 2.75) is 25.6 Å². The number of nitrogens with zero attached hydrogens (tertiary/aromatic N) is 1. The molecule has 9 nitrogen and oxygen atoms in total. The molecular formula is C23H27NO8. The number of rotatable bonds is 9. The number of hydrogen-bond donors (Lipinski definition) is 0. The van der Waals surface area contributed by atoms with Crippen molar-refractivity contribution in [1.29, 1.82) is 0 Å². The Balaban J connectivity index is 2.10. The molecule has 32 heavy (non-hydrogen) atoms. The van der Waals surface area contributed by atoms with Crippen molar-refractivity contribution in [2.24, 2.45) is 0 Å². The van der Waals surface area contributed by atoms with Crippen LogP contribution in [0.2, 0.25) is 0 Å². The van der Waals surface area contributed by atoms with E-state index in [-0.39, 0.29) is 11.4 Å². The lowest BCUT2D eigenvalue weighted by atomic mass is 10.1. The van der Waals surface area contributed by atoms with Crippen LogP contribution in [0, 0.1) is 10.1 Å². The van der Waals surface area contributed by atoms with Gasteiger partial charge in [0, 0.05) is 18.1 Å². The number of ether oxygens (including phenoxy) is 6. The molecule has 0 amide bonds. The SMILES string of the molecule is COc1ccc(C=C(OC2CCCCO2)c2cc(OC)c(OC)c(OC)c2)cc1[N+](=O)[O-]. The maximum atomic E-state index is 11.4. The lowest BCUT2D eigenvalue weighted by Crippen LogP contribution is -2.21. The van der Waals surface area contributed by atoms with Gasteiger partial charge in [-0.2, -0.15) is 0 Å². The van der Waals surface area contributed by atoms with E-state index in [1.54, 1.807) is 30.3 Å². The van der Waals surface area contributed by atoms with Gasteiger partial charge in [0.2, 0.25) is 5.75 Å². The van der Waals surface area contributed by atoms with Gasteiger partial charge in [-0.25, -0.2) is 0 Å². The van der Waals surface area contributed by atoms with E-state index in [1.807, 2.05) is 0 Å². The van der Waals surface area contributed by atoms with Crippen LogP contribution in [0.4, 0.5) is 5.69 Å². The first-order chi connectivity index (χ1) is 15.5. The van der Waals surface area contributed by atoms with E-state index in [9.17, 15) is 10.1 Å². The molecule has 9 heteroatoms. The summed E-state index contributed by atoms with van der Waals surface area (Å²) in [6.07, 6.45) is 3.99. The molecule has 2 aromatic carbocycles. The Labute approximate surface area is 186 Å². The number of nitro benzene ring substituents is 1. The van der Waals surface area contributed by atoms with Crippen molar-refractivity contribution in [3.8, 4) is 23.0 Å². The Hall–Kier alpha value is -3.46. The predicted octanol–water partition coefficient (Wildman–Crippen LogP) is 4.67. The van der Waals surface area contributed by atoms with Crippen LogP contribution in [-0.2, 0) is 9.47 Å². The normalized spacial score (nSPS) is 16.2. The van der Waals surface area contributed by atoms with E-state index in [0.29, 0.717) is 40.7 Å². The third kappa shape index (κ3) is 5.23. The van der Waals surface area contributed by atoms with Gasteiger partial charge >= 0.3 is 5.69 Å². The molecule has 1 heterocycles. The van der Waals surface area contributed by atoms with Crippen LogP contribution in [0.1, 0.15) is 30.4 Å². The zero-order valence-corrected chi connectivity index (χ0v) is 18.6. The number of nitro groups is 1. The predicted molar refractivity (Wildman–Crippen MR) is 118 cm³/mol. The van der Waals surface area contributed by atoms with Gasteiger partial charge in [-0.15, -0.1) is 0 Å². The summed E-state index contributed by atoms with van der Waals surface area (Å²) in [5.74, 6) is 2.00. The molecule has 172 valence electrons. The van der Waals surface area contributed by atoms with Crippen LogP contribution < -0.4 is 18.9 Å². The fourth-order valence-electron chi connectivity index (χ4n) is 3.45. The molecule has 1 aliphatic rings. The molecule has 1 saturated heterocycles. The molecule has 0 radical (unpaired) electrons. The van der Waals surface area contributed by atoms with Crippen LogP contribution in [0.5, 0.6) is 23.0 Å². The summed E-state index contributed by atoms with van der Waals surface area (Å²) in [4.78, 5) is 11.0. The van der Waals surface area contributed by atoms with Crippen molar-refractivity contribution in [2.75, 3.05) is 35.0 Å². The summed E-state index contributed by atoms with van der Waals surface area (Å²) >= 11 is 0. The molecule has 3 rings (SSSR count). The molecule has 1 aliphatic heterocycles. The molecule has 0 bridgehead atoms. The molecule has 1 fully saturated rings. The largest absolute Gasteiger partial charge is 0.493 e. The standard InChI is InChI=1S/C23H27NO8/c1-27-18-9-8-15(11-17(18)24(25)26)12-19(32-22-7-5-6-10-31-22)16-13-20(28-2)23(30-4)21(14-16)29-3/h8-9,11-14,22H,5-7,10H2,1-4H3. The third-order valence-electron chi connectivity index (χ3n) is 5.04. The fourth-order valence-corrected chi connectivity index (χ4v) is 3.45. The van der Waals surface area contributed by atoms with E-state index in [0.717, 1.165) is 19.3 Å². The first-order valence-corrected chi connectivity index (χ1v) is 10.1. The van der Waals surface area contributed by atoms with Crippen molar-refractivity contribution >= 4 is 17.5 Å². The van der Waals surface area contributed by atoms with Gasteiger partial charge in [0.05, 0.1) is 40.0 Å². The Bertz CT molecular complexity index is 957. The van der Waals surface area contributed by atoms with Crippen LogP contribution in [0.3, 0.4) is 0 Å². The highest BCUT2D eigenvalue weighted by Gasteiger charge is 2.22. The second-order valence-electron chi connectivity index (χ2n) is 7.02. The molecule has 2 aromatic rings. The van der Waals surface area contributed by atoms with E-state index < -0.39 is 11.2 Å². The lowest BCUT2D eigenvalue weighted by Gasteiger charge is -2.25. The summed E-state index contributed by atoms with van der Waals surface area (Å²) in [7, 11) is 5.98. The average Bonchev–Trinajstić information content (AvgIpc) is 2.83. The van der Waals surface area contributed by atoms with Crippen LogP contribution in [0.25, 0.3) is 11.8 Å². The molecular weight excluding hydrogens is 418 g/mol. The lowest BCUT2D eigenvalue weighted by molar-refractivity contribution is -0.385. The highest BCUT2D eigenvalue weighted by Crippen LogP contribution is 2.41. The number of methoxy groups -OCH3 is 4. The second kappa shape index (κ2) is 10.7. The van der Waals surface area contributed by atoms with Gasteiger partial charge in [0.25, 0.3) is 0 Å². The summed E-state index contributed by atoms with van der Waals surface area (Å²) in [5, 5.41) is 11.4. The zero-order chi connectivity index (χ0) is 23.1. The molecule has 0 saturated carbocycles. The summed E-state index contributed by atoms with van der Waals surface area (Å²) in [6.45, 7) is 0.612. The summed E-state index contributed by atoms with van der Waals surface area (Å²) < 4.78 is 33.4. The highest BCUT2D eigenvalue weighted by molar-refractivity contribution is 5.80. The summed E-state index contributed by atoms with van der Waals surface area (Å²) in [5.41, 5.74) is 1.07. The van der Waals surface area contributed by atoms with E-state index in [4.69, 9.17) is 28.4 Å². The van der Waals surface area contributed by atoms with Crippen molar-refractivity contribution in [1.82, 2.24) is 0 Å². The van der Waals surface area contributed by atoms with Crippen molar-refractivity contribution in [3.63, 3.8) is 0 Å². The number of benzene rings is 2. The average molecular weight is 445 g/mol. The highest BCUT2D eigenvalue weighted by atomic mass is 16.7. The molecule has 0 aliphatic carbocycles. The second-order valence-corrected chi connectivity index (χ2v) is 7.02. The quantitative estimate of drug-likeness (QED) is 0.238. The monoisotopic (exact) mass is 445 g/mol. The topological polar surface area (TPSA) is 98.5 Å². The maximum absolute atomic E-state index is 11.4. The van der Waals surface area contributed by atoms with Crippen molar-refractivity contribution in [3.05, 3.63) is 51.6 Å². The van der Waals surface area contributed by atoms with Crippen LogP contribution >= 0.6 is 0 Å². The van der Waals surface area contributed by atoms with E-state index in [2.05, 4.69) is 0 Å². The molecule has 1 unspecified atom stereocenters. The summed E-state index contributed by atoms with van der Waals surface area (Å²) in [6, 6.07) is 8.21. The first kappa shape index (κ1) is 23.2. The van der Waals surface area contributed by atoms with Gasteiger partial charge in [0.15, 0.2) is 23.5 Å². The fraction of sp³-hybridized carbons (Fsp3) is 0.391. The Morgan fingerprint density at radius 3 is 2.22 bits per heavy atom.